The Morgan fingerprint density at radius 3 is 2.65 bits per heavy atom. The zero-order valence-electron chi connectivity index (χ0n) is 10.5. The summed E-state index contributed by atoms with van der Waals surface area (Å²) >= 11 is 0. The van der Waals surface area contributed by atoms with Crippen LogP contribution in [-0.2, 0) is 0 Å². The lowest BCUT2D eigenvalue weighted by Crippen LogP contribution is -2.28. The molecule has 1 aromatic carbocycles. The minimum Gasteiger partial charge on any atom is -0.396 e. The Morgan fingerprint density at radius 1 is 1.41 bits per heavy atom. The van der Waals surface area contributed by atoms with E-state index in [-0.39, 0.29) is 22.6 Å². The Labute approximate surface area is 101 Å². The topological polar surface area (TPSA) is 55.1 Å². The highest BCUT2D eigenvalue weighted by atomic mass is 19.1. The molecule has 0 aliphatic rings. The van der Waals surface area contributed by atoms with Gasteiger partial charge in [-0.3, -0.25) is 4.79 Å². The highest BCUT2D eigenvalue weighted by Gasteiger charge is 2.14. The van der Waals surface area contributed by atoms with Gasteiger partial charge in [0.05, 0.1) is 11.3 Å². The molecule has 0 aliphatic heterocycles. The fourth-order valence-electron chi connectivity index (χ4n) is 1.38. The molecule has 0 saturated heterocycles. The van der Waals surface area contributed by atoms with Crippen LogP contribution in [0.2, 0.25) is 0 Å². The van der Waals surface area contributed by atoms with Gasteiger partial charge in [-0.05, 0) is 24.0 Å². The van der Waals surface area contributed by atoms with Gasteiger partial charge in [-0.15, -0.1) is 0 Å². The van der Waals surface area contributed by atoms with E-state index in [1.54, 1.807) is 0 Å². The molecule has 0 fully saturated rings. The van der Waals surface area contributed by atoms with Gasteiger partial charge >= 0.3 is 0 Å². The summed E-state index contributed by atoms with van der Waals surface area (Å²) in [5.74, 6) is -0.889. The van der Waals surface area contributed by atoms with Gasteiger partial charge in [0, 0.05) is 6.54 Å². The first-order chi connectivity index (χ1) is 7.81. The smallest absolute Gasteiger partial charge is 0.253 e. The van der Waals surface area contributed by atoms with E-state index in [4.69, 9.17) is 5.73 Å². The van der Waals surface area contributed by atoms with Crippen LogP contribution in [0.15, 0.2) is 18.2 Å². The molecule has 0 aromatic heterocycles. The Balaban J connectivity index is 2.62. The third kappa shape index (κ3) is 4.06. The van der Waals surface area contributed by atoms with Crippen molar-refractivity contribution >= 4 is 11.6 Å². The molecule has 1 rings (SSSR count). The quantitative estimate of drug-likeness (QED) is 0.795. The molecule has 0 unspecified atom stereocenters. The maximum absolute atomic E-state index is 13.1. The monoisotopic (exact) mass is 238 g/mol. The standard InChI is InChI=1S/C13H19FN2O/c1-13(2,3)7-8-16-12(17)9-5-4-6-10(14)11(9)15/h4-6H,7-8,15H2,1-3H3,(H,16,17). The van der Waals surface area contributed by atoms with Gasteiger partial charge in [-0.1, -0.05) is 26.8 Å². The second kappa shape index (κ2) is 5.17. The number of carbonyl (C=O) groups is 1. The van der Waals surface area contributed by atoms with Gasteiger partial charge in [0.15, 0.2) is 0 Å². The Morgan fingerprint density at radius 2 is 2.06 bits per heavy atom. The highest BCUT2D eigenvalue weighted by Crippen LogP contribution is 2.18. The molecule has 4 heteroatoms. The van der Waals surface area contributed by atoms with Crippen LogP contribution in [0.1, 0.15) is 37.6 Å². The van der Waals surface area contributed by atoms with E-state index in [1.165, 1.54) is 18.2 Å². The lowest BCUT2D eigenvalue weighted by atomic mass is 9.92. The van der Waals surface area contributed by atoms with E-state index in [1.807, 2.05) is 0 Å². The van der Waals surface area contributed by atoms with E-state index < -0.39 is 5.82 Å². The SMILES string of the molecule is CC(C)(C)CCNC(=O)c1cccc(F)c1N. The predicted octanol–water partition coefficient (Wildman–Crippen LogP) is 2.57. The van der Waals surface area contributed by atoms with Crippen LogP contribution >= 0.6 is 0 Å². The van der Waals surface area contributed by atoms with Crippen LogP contribution in [-0.4, -0.2) is 12.5 Å². The Kier molecular flexibility index (Phi) is 4.10. The second-order valence-electron chi connectivity index (χ2n) is 5.27. The molecule has 1 aromatic rings. The first-order valence-corrected chi connectivity index (χ1v) is 5.63. The van der Waals surface area contributed by atoms with E-state index in [0.29, 0.717) is 6.54 Å². The number of halogens is 1. The van der Waals surface area contributed by atoms with Crippen molar-refractivity contribution in [2.45, 2.75) is 27.2 Å². The summed E-state index contributed by atoms with van der Waals surface area (Å²) < 4.78 is 13.1. The highest BCUT2D eigenvalue weighted by molar-refractivity contribution is 5.99. The number of nitrogens with two attached hydrogens (primary N) is 1. The molecule has 0 heterocycles. The number of hydrogen-bond donors (Lipinski definition) is 2. The van der Waals surface area contributed by atoms with Crippen LogP contribution in [0.3, 0.4) is 0 Å². The molecule has 0 aliphatic carbocycles. The van der Waals surface area contributed by atoms with Gasteiger partial charge in [-0.2, -0.15) is 0 Å². The molecule has 3 nitrogen and oxygen atoms in total. The summed E-state index contributed by atoms with van der Waals surface area (Å²) in [5.41, 5.74) is 5.76. The maximum Gasteiger partial charge on any atom is 0.253 e. The molecule has 1 amide bonds. The maximum atomic E-state index is 13.1. The van der Waals surface area contributed by atoms with Gasteiger partial charge in [0.25, 0.3) is 5.91 Å². The number of amides is 1. The number of carbonyl (C=O) groups excluding carboxylic acids is 1. The molecule has 3 N–H and O–H groups in total. The zero-order valence-corrected chi connectivity index (χ0v) is 10.5. The number of para-hydroxylation sites is 1. The molecule has 94 valence electrons. The van der Waals surface area contributed by atoms with Crippen molar-refractivity contribution in [3.05, 3.63) is 29.6 Å². The van der Waals surface area contributed by atoms with Crippen molar-refractivity contribution in [3.63, 3.8) is 0 Å². The summed E-state index contributed by atoms with van der Waals surface area (Å²) in [7, 11) is 0. The Bertz CT molecular complexity index is 410. The van der Waals surface area contributed by atoms with Crippen molar-refractivity contribution in [2.75, 3.05) is 12.3 Å². The average Bonchev–Trinajstić information content (AvgIpc) is 2.20. The van der Waals surface area contributed by atoms with Gasteiger partial charge < -0.3 is 11.1 Å². The zero-order chi connectivity index (χ0) is 13.1. The van der Waals surface area contributed by atoms with E-state index >= 15 is 0 Å². The molecular formula is C13H19FN2O. The number of hydrogen-bond acceptors (Lipinski definition) is 2. The van der Waals surface area contributed by atoms with Gasteiger partial charge in [0.1, 0.15) is 5.82 Å². The molecule has 0 bridgehead atoms. The minimum absolute atomic E-state index is 0.0965. The summed E-state index contributed by atoms with van der Waals surface area (Å²) in [6.45, 7) is 6.83. The number of benzene rings is 1. The van der Waals surface area contributed by atoms with Crippen molar-refractivity contribution < 1.29 is 9.18 Å². The third-order valence-electron chi connectivity index (χ3n) is 2.46. The predicted molar refractivity (Wildman–Crippen MR) is 67.2 cm³/mol. The van der Waals surface area contributed by atoms with Crippen LogP contribution in [0.5, 0.6) is 0 Å². The fraction of sp³-hybridized carbons (Fsp3) is 0.462. The van der Waals surface area contributed by atoms with Gasteiger partial charge in [-0.25, -0.2) is 4.39 Å². The summed E-state index contributed by atoms with van der Waals surface area (Å²) in [4.78, 5) is 11.7. The molecular weight excluding hydrogens is 219 g/mol. The lowest BCUT2D eigenvalue weighted by Gasteiger charge is -2.18. The summed E-state index contributed by atoms with van der Waals surface area (Å²) in [6.07, 6.45) is 0.855. The largest absolute Gasteiger partial charge is 0.396 e. The minimum atomic E-state index is -0.562. The first-order valence-electron chi connectivity index (χ1n) is 5.63. The van der Waals surface area contributed by atoms with Crippen LogP contribution < -0.4 is 11.1 Å². The number of nitrogens with one attached hydrogen (secondary N) is 1. The van der Waals surface area contributed by atoms with Crippen LogP contribution in [0.4, 0.5) is 10.1 Å². The fourth-order valence-corrected chi connectivity index (χ4v) is 1.38. The number of nitrogen functional groups attached to an aromatic ring is 1. The van der Waals surface area contributed by atoms with E-state index in [0.717, 1.165) is 6.42 Å². The first kappa shape index (κ1) is 13.5. The summed E-state index contributed by atoms with van der Waals surface area (Å²) in [6, 6.07) is 4.23. The van der Waals surface area contributed by atoms with E-state index in [2.05, 4.69) is 26.1 Å². The average molecular weight is 238 g/mol. The summed E-state index contributed by atoms with van der Waals surface area (Å²) in [5, 5.41) is 2.74. The normalized spacial score (nSPS) is 11.3. The molecule has 0 saturated carbocycles. The molecule has 17 heavy (non-hydrogen) atoms. The number of anilines is 1. The molecule has 0 spiro atoms. The van der Waals surface area contributed by atoms with Crippen molar-refractivity contribution in [1.29, 1.82) is 0 Å². The Hall–Kier alpha value is -1.58. The van der Waals surface area contributed by atoms with Crippen molar-refractivity contribution in [2.24, 2.45) is 5.41 Å². The number of rotatable bonds is 3. The van der Waals surface area contributed by atoms with Crippen LogP contribution in [0, 0.1) is 11.2 Å². The van der Waals surface area contributed by atoms with E-state index in [9.17, 15) is 9.18 Å². The third-order valence-corrected chi connectivity index (χ3v) is 2.46. The molecule has 0 radical (unpaired) electrons. The van der Waals surface area contributed by atoms with Crippen LogP contribution in [0.25, 0.3) is 0 Å². The second-order valence-corrected chi connectivity index (χ2v) is 5.27. The van der Waals surface area contributed by atoms with Crippen molar-refractivity contribution in [1.82, 2.24) is 5.32 Å². The van der Waals surface area contributed by atoms with Crippen molar-refractivity contribution in [3.8, 4) is 0 Å². The lowest BCUT2D eigenvalue weighted by molar-refractivity contribution is 0.0950. The molecule has 0 atom stereocenters. The van der Waals surface area contributed by atoms with Gasteiger partial charge in [0.2, 0.25) is 0 Å².